The number of amides is 2. The van der Waals surface area contributed by atoms with Crippen LogP contribution in [0.3, 0.4) is 0 Å². The van der Waals surface area contributed by atoms with Crippen LogP contribution in [0.2, 0.25) is 0 Å². The van der Waals surface area contributed by atoms with Crippen molar-refractivity contribution in [2.24, 2.45) is 0 Å². The van der Waals surface area contributed by atoms with Crippen molar-refractivity contribution in [3.05, 3.63) is 65.7 Å². The van der Waals surface area contributed by atoms with E-state index in [0.717, 1.165) is 12.8 Å². The molecule has 7 nitrogen and oxygen atoms in total. The third-order valence-electron chi connectivity index (χ3n) is 4.88. The molecule has 1 aliphatic heterocycles. The molecule has 2 aromatic carbocycles. The summed E-state index contributed by atoms with van der Waals surface area (Å²) in [5.74, 6) is -0.614. The van der Waals surface area contributed by atoms with E-state index in [1.807, 2.05) is 18.2 Å². The second-order valence-electron chi connectivity index (χ2n) is 7.03. The molecule has 2 N–H and O–H groups in total. The molecule has 2 fully saturated rings. The number of carbonyl (C=O) groups is 2. The van der Waals surface area contributed by atoms with Gasteiger partial charge in [0.1, 0.15) is 6.04 Å². The molecular formula is C20H21N3O4S. The summed E-state index contributed by atoms with van der Waals surface area (Å²) in [7, 11) is -3.66. The van der Waals surface area contributed by atoms with Gasteiger partial charge in [0.2, 0.25) is 15.9 Å². The predicted molar refractivity (Wildman–Crippen MR) is 103 cm³/mol. The number of hydrogen-bond acceptors (Lipinski definition) is 4. The van der Waals surface area contributed by atoms with Crippen LogP contribution in [0.5, 0.6) is 0 Å². The fraction of sp³-hybridized carbons (Fsp3) is 0.300. The molecule has 2 amide bonds. The first-order chi connectivity index (χ1) is 13.5. The lowest BCUT2D eigenvalue weighted by Gasteiger charge is -2.35. The van der Waals surface area contributed by atoms with E-state index in [0.29, 0.717) is 18.7 Å². The van der Waals surface area contributed by atoms with Crippen LogP contribution in [0.25, 0.3) is 0 Å². The van der Waals surface area contributed by atoms with Gasteiger partial charge in [-0.1, -0.05) is 36.4 Å². The van der Waals surface area contributed by atoms with Gasteiger partial charge in [-0.15, -0.1) is 0 Å². The van der Waals surface area contributed by atoms with E-state index in [1.165, 1.54) is 17.0 Å². The normalized spacial score (nSPS) is 19.9. The lowest BCUT2D eigenvalue weighted by Crippen LogP contribution is -2.52. The Balaban J connectivity index is 1.64. The van der Waals surface area contributed by atoms with Gasteiger partial charge in [0.05, 0.1) is 4.90 Å². The quantitative estimate of drug-likeness (QED) is 0.795. The molecular weight excluding hydrogens is 378 g/mol. The van der Waals surface area contributed by atoms with Crippen molar-refractivity contribution in [3.8, 4) is 0 Å². The van der Waals surface area contributed by atoms with Crippen molar-refractivity contribution >= 4 is 21.8 Å². The minimum atomic E-state index is -3.66. The van der Waals surface area contributed by atoms with Gasteiger partial charge in [0.25, 0.3) is 5.91 Å². The van der Waals surface area contributed by atoms with E-state index in [-0.39, 0.29) is 28.3 Å². The summed E-state index contributed by atoms with van der Waals surface area (Å²) >= 11 is 0. The molecule has 8 heteroatoms. The Bertz CT molecular complexity index is 1000. The van der Waals surface area contributed by atoms with E-state index >= 15 is 0 Å². The van der Waals surface area contributed by atoms with Crippen molar-refractivity contribution in [1.29, 1.82) is 0 Å². The Morgan fingerprint density at radius 2 is 1.82 bits per heavy atom. The number of nitrogens with one attached hydrogen (secondary N) is 2. The maximum absolute atomic E-state index is 13.2. The number of piperazine rings is 1. The highest BCUT2D eigenvalue weighted by Crippen LogP contribution is 2.26. The SMILES string of the molecule is O=C1NCCN(C(=O)c2cccc(S(=O)(=O)NC3CC3)c2)[C@@H]1c1ccccc1. The van der Waals surface area contributed by atoms with Crippen LogP contribution in [0, 0.1) is 0 Å². The van der Waals surface area contributed by atoms with Crippen molar-refractivity contribution in [3.63, 3.8) is 0 Å². The van der Waals surface area contributed by atoms with Gasteiger partial charge >= 0.3 is 0 Å². The molecule has 2 aliphatic rings. The van der Waals surface area contributed by atoms with Gasteiger partial charge in [0, 0.05) is 24.7 Å². The topological polar surface area (TPSA) is 95.6 Å². The number of hydrogen-bond donors (Lipinski definition) is 2. The predicted octanol–water partition coefficient (Wildman–Crippen LogP) is 1.44. The van der Waals surface area contributed by atoms with Gasteiger partial charge in [-0.05, 0) is 36.6 Å². The summed E-state index contributed by atoms with van der Waals surface area (Å²) in [6, 6.07) is 14.3. The second kappa shape index (κ2) is 7.37. The minimum Gasteiger partial charge on any atom is -0.352 e. The molecule has 1 atom stereocenters. The highest BCUT2D eigenvalue weighted by atomic mass is 32.2. The van der Waals surface area contributed by atoms with Gasteiger partial charge in [-0.2, -0.15) is 0 Å². The third kappa shape index (κ3) is 3.79. The van der Waals surface area contributed by atoms with Crippen LogP contribution < -0.4 is 10.0 Å². The highest BCUT2D eigenvalue weighted by molar-refractivity contribution is 7.89. The molecule has 1 aliphatic carbocycles. The lowest BCUT2D eigenvalue weighted by atomic mass is 10.0. The third-order valence-corrected chi connectivity index (χ3v) is 6.40. The van der Waals surface area contributed by atoms with Crippen LogP contribution in [-0.4, -0.2) is 44.3 Å². The van der Waals surface area contributed by atoms with Crippen LogP contribution in [0.4, 0.5) is 0 Å². The molecule has 0 unspecified atom stereocenters. The minimum absolute atomic E-state index is 0.0161. The highest BCUT2D eigenvalue weighted by Gasteiger charge is 2.35. The Morgan fingerprint density at radius 3 is 2.54 bits per heavy atom. The van der Waals surface area contributed by atoms with E-state index in [9.17, 15) is 18.0 Å². The second-order valence-corrected chi connectivity index (χ2v) is 8.74. The molecule has 28 heavy (non-hydrogen) atoms. The Hall–Kier alpha value is -2.71. The summed E-state index contributed by atoms with van der Waals surface area (Å²) in [6.07, 6.45) is 1.67. The zero-order chi connectivity index (χ0) is 19.7. The van der Waals surface area contributed by atoms with Crippen LogP contribution in [-0.2, 0) is 14.8 Å². The van der Waals surface area contributed by atoms with E-state index in [2.05, 4.69) is 10.0 Å². The molecule has 4 rings (SSSR count). The summed E-state index contributed by atoms with van der Waals surface area (Å²) in [6.45, 7) is 0.705. The smallest absolute Gasteiger partial charge is 0.254 e. The van der Waals surface area contributed by atoms with Crippen LogP contribution in [0.1, 0.15) is 34.8 Å². The van der Waals surface area contributed by atoms with Crippen LogP contribution in [0.15, 0.2) is 59.5 Å². The molecule has 0 spiro atoms. The number of sulfonamides is 1. The average molecular weight is 399 g/mol. The fourth-order valence-electron chi connectivity index (χ4n) is 3.30. The van der Waals surface area contributed by atoms with Gasteiger partial charge in [-0.3, -0.25) is 9.59 Å². The molecule has 0 radical (unpaired) electrons. The van der Waals surface area contributed by atoms with Crippen molar-refractivity contribution in [1.82, 2.24) is 14.9 Å². The molecule has 146 valence electrons. The first-order valence-corrected chi connectivity index (χ1v) is 10.7. The first-order valence-electron chi connectivity index (χ1n) is 9.22. The van der Waals surface area contributed by atoms with Gasteiger partial charge in [-0.25, -0.2) is 13.1 Å². The maximum atomic E-state index is 13.2. The molecule has 2 aromatic rings. The monoisotopic (exact) mass is 399 g/mol. The average Bonchev–Trinajstić information content (AvgIpc) is 3.51. The Kier molecular flexibility index (Phi) is 4.91. The Labute approximate surface area is 163 Å². The Morgan fingerprint density at radius 1 is 1.07 bits per heavy atom. The number of benzene rings is 2. The maximum Gasteiger partial charge on any atom is 0.254 e. The number of nitrogens with zero attached hydrogens (tertiary/aromatic N) is 1. The molecule has 0 bridgehead atoms. The van der Waals surface area contributed by atoms with E-state index < -0.39 is 16.1 Å². The molecule has 1 heterocycles. The summed E-state index contributed by atoms with van der Waals surface area (Å²) in [5, 5.41) is 2.79. The zero-order valence-electron chi connectivity index (χ0n) is 15.2. The van der Waals surface area contributed by atoms with Crippen molar-refractivity contribution < 1.29 is 18.0 Å². The largest absolute Gasteiger partial charge is 0.352 e. The number of carbonyl (C=O) groups excluding carboxylic acids is 2. The number of rotatable bonds is 5. The summed E-state index contributed by atoms with van der Waals surface area (Å²) in [4.78, 5) is 27.2. The summed E-state index contributed by atoms with van der Waals surface area (Å²) < 4.78 is 27.6. The first kappa shape index (κ1) is 18.6. The molecule has 1 saturated heterocycles. The van der Waals surface area contributed by atoms with Crippen molar-refractivity contribution in [2.45, 2.75) is 29.8 Å². The zero-order valence-corrected chi connectivity index (χ0v) is 16.0. The van der Waals surface area contributed by atoms with Crippen LogP contribution >= 0.6 is 0 Å². The lowest BCUT2D eigenvalue weighted by molar-refractivity contribution is -0.128. The molecule has 1 saturated carbocycles. The summed E-state index contributed by atoms with van der Waals surface area (Å²) in [5.41, 5.74) is 0.960. The van der Waals surface area contributed by atoms with Gasteiger partial charge < -0.3 is 10.2 Å². The van der Waals surface area contributed by atoms with Gasteiger partial charge in [0.15, 0.2) is 0 Å². The van der Waals surface area contributed by atoms with Crippen molar-refractivity contribution in [2.75, 3.05) is 13.1 Å². The van der Waals surface area contributed by atoms with E-state index in [1.54, 1.807) is 24.3 Å². The van der Waals surface area contributed by atoms with E-state index in [4.69, 9.17) is 0 Å². The fourth-order valence-corrected chi connectivity index (χ4v) is 4.65. The molecule has 0 aromatic heterocycles. The standard InChI is InChI=1S/C20H21N3O4S/c24-19-18(14-5-2-1-3-6-14)23(12-11-21-19)20(25)15-7-4-8-17(13-15)28(26,27)22-16-9-10-16/h1-8,13,16,18,22H,9-12H2,(H,21,24)/t18-/m1/s1.